The molecule has 2 heterocycles. The van der Waals surface area contributed by atoms with E-state index in [1.165, 1.54) is 18.4 Å². The molecule has 0 spiro atoms. The normalized spacial score (nSPS) is 14.7. The highest BCUT2D eigenvalue weighted by Gasteiger charge is 2.16. The molecule has 98 valence electrons. The SMILES string of the molecule is NC(=S)c1ncn(-c2ncnc3c2CCCCC3)n1. The van der Waals surface area contributed by atoms with E-state index in [-0.39, 0.29) is 4.99 Å². The van der Waals surface area contributed by atoms with Gasteiger partial charge in [0.25, 0.3) is 0 Å². The largest absolute Gasteiger partial charge is 0.387 e. The van der Waals surface area contributed by atoms with E-state index in [9.17, 15) is 0 Å². The van der Waals surface area contributed by atoms with Gasteiger partial charge in [-0.15, -0.1) is 5.10 Å². The van der Waals surface area contributed by atoms with E-state index >= 15 is 0 Å². The summed E-state index contributed by atoms with van der Waals surface area (Å²) in [4.78, 5) is 13.0. The minimum Gasteiger partial charge on any atom is -0.387 e. The van der Waals surface area contributed by atoms with Gasteiger partial charge >= 0.3 is 0 Å². The summed E-state index contributed by atoms with van der Waals surface area (Å²) in [5.74, 6) is 1.16. The van der Waals surface area contributed by atoms with E-state index in [4.69, 9.17) is 18.0 Å². The van der Waals surface area contributed by atoms with Crippen molar-refractivity contribution in [3.63, 3.8) is 0 Å². The van der Waals surface area contributed by atoms with Crippen molar-refractivity contribution in [2.24, 2.45) is 5.73 Å². The fourth-order valence-electron chi connectivity index (χ4n) is 2.36. The van der Waals surface area contributed by atoms with Crippen LogP contribution in [0.4, 0.5) is 0 Å². The van der Waals surface area contributed by atoms with E-state index in [1.54, 1.807) is 17.3 Å². The standard InChI is InChI=1S/C12H14N6S/c13-10(19)11-16-7-18(17-11)12-8-4-2-1-3-5-9(8)14-6-15-12/h6-7H,1-5H2,(H2,13,19). The van der Waals surface area contributed by atoms with Gasteiger partial charge in [0.15, 0.2) is 5.82 Å². The number of nitrogens with zero attached hydrogens (tertiary/aromatic N) is 5. The van der Waals surface area contributed by atoms with Gasteiger partial charge in [-0.25, -0.2) is 19.6 Å². The van der Waals surface area contributed by atoms with Crippen molar-refractivity contribution in [1.82, 2.24) is 24.7 Å². The minimum absolute atomic E-state index is 0.193. The molecular formula is C12H14N6S. The fourth-order valence-corrected chi connectivity index (χ4v) is 2.45. The van der Waals surface area contributed by atoms with Crippen LogP contribution >= 0.6 is 12.2 Å². The summed E-state index contributed by atoms with van der Waals surface area (Å²) in [6, 6.07) is 0. The highest BCUT2D eigenvalue weighted by atomic mass is 32.1. The molecule has 0 fully saturated rings. The van der Waals surface area contributed by atoms with Gasteiger partial charge in [-0.1, -0.05) is 18.6 Å². The summed E-state index contributed by atoms with van der Waals surface area (Å²) < 4.78 is 1.64. The van der Waals surface area contributed by atoms with Gasteiger partial charge in [0.1, 0.15) is 17.6 Å². The molecule has 0 saturated heterocycles. The summed E-state index contributed by atoms with van der Waals surface area (Å²) >= 11 is 4.87. The van der Waals surface area contributed by atoms with Crippen LogP contribution in [0.2, 0.25) is 0 Å². The first kappa shape index (κ1) is 12.2. The molecule has 2 N–H and O–H groups in total. The van der Waals surface area contributed by atoms with E-state index in [0.717, 1.165) is 30.8 Å². The molecule has 19 heavy (non-hydrogen) atoms. The molecule has 1 aliphatic rings. The van der Waals surface area contributed by atoms with Gasteiger partial charge in [-0.3, -0.25) is 0 Å². The summed E-state index contributed by atoms with van der Waals surface area (Å²) in [5, 5.41) is 4.27. The fraction of sp³-hybridized carbons (Fsp3) is 0.417. The first-order valence-corrected chi connectivity index (χ1v) is 6.71. The predicted molar refractivity (Wildman–Crippen MR) is 74.1 cm³/mol. The maximum atomic E-state index is 5.53. The number of fused-ring (bicyclic) bond motifs is 1. The van der Waals surface area contributed by atoms with Crippen LogP contribution < -0.4 is 5.73 Å². The maximum absolute atomic E-state index is 5.53. The highest BCUT2D eigenvalue weighted by Crippen LogP contribution is 2.22. The van der Waals surface area contributed by atoms with Crippen LogP contribution in [0.1, 0.15) is 36.3 Å². The second-order valence-corrected chi connectivity index (χ2v) is 5.00. The van der Waals surface area contributed by atoms with Crippen LogP contribution in [0.3, 0.4) is 0 Å². The molecule has 6 nitrogen and oxygen atoms in total. The Hall–Kier alpha value is -1.89. The number of nitrogens with two attached hydrogens (primary N) is 1. The van der Waals surface area contributed by atoms with Crippen molar-refractivity contribution >= 4 is 17.2 Å². The zero-order valence-electron chi connectivity index (χ0n) is 10.4. The topological polar surface area (TPSA) is 82.5 Å². The van der Waals surface area contributed by atoms with Crippen LogP contribution in [0.15, 0.2) is 12.7 Å². The van der Waals surface area contributed by atoms with Crippen molar-refractivity contribution in [3.8, 4) is 5.82 Å². The lowest BCUT2D eigenvalue weighted by molar-refractivity contribution is 0.707. The average molecular weight is 274 g/mol. The highest BCUT2D eigenvalue weighted by molar-refractivity contribution is 7.80. The lowest BCUT2D eigenvalue weighted by Crippen LogP contribution is -2.13. The Labute approximate surface area is 116 Å². The molecule has 0 bridgehead atoms. The second-order valence-electron chi connectivity index (χ2n) is 4.56. The lowest BCUT2D eigenvalue weighted by atomic mass is 10.1. The van der Waals surface area contributed by atoms with Gasteiger partial charge in [-0.05, 0) is 25.7 Å². The second kappa shape index (κ2) is 5.00. The van der Waals surface area contributed by atoms with Gasteiger partial charge in [0.2, 0.25) is 5.82 Å². The van der Waals surface area contributed by atoms with Crippen LogP contribution in [-0.4, -0.2) is 29.7 Å². The average Bonchev–Trinajstić information content (AvgIpc) is 2.77. The molecule has 1 aliphatic carbocycles. The molecule has 0 atom stereocenters. The third kappa shape index (κ3) is 2.33. The third-order valence-electron chi connectivity index (χ3n) is 3.28. The van der Waals surface area contributed by atoms with Crippen LogP contribution in [0, 0.1) is 0 Å². The zero-order chi connectivity index (χ0) is 13.2. The number of rotatable bonds is 2. The molecule has 0 aromatic carbocycles. The molecule has 0 amide bonds. The summed E-state index contributed by atoms with van der Waals surface area (Å²) in [6.45, 7) is 0. The molecular weight excluding hydrogens is 260 g/mol. The molecule has 2 aromatic heterocycles. The van der Waals surface area contributed by atoms with E-state index < -0.39 is 0 Å². The number of hydrogen-bond donors (Lipinski definition) is 1. The van der Waals surface area contributed by atoms with Gasteiger partial charge in [-0.2, -0.15) is 0 Å². The molecule has 2 aromatic rings. The van der Waals surface area contributed by atoms with Crippen molar-refractivity contribution < 1.29 is 0 Å². The number of thiocarbonyl (C=S) groups is 1. The number of aryl methyl sites for hydroxylation is 1. The van der Waals surface area contributed by atoms with Crippen LogP contribution in [0.5, 0.6) is 0 Å². The maximum Gasteiger partial charge on any atom is 0.208 e. The summed E-state index contributed by atoms with van der Waals surface area (Å²) in [7, 11) is 0. The van der Waals surface area contributed by atoms with Crippen molar-refractivity contribution in [3.05, 3.63) is 29.7 Å². The van der Waals surface area contributed by atoms with E-state index in [0.29, 0.717) is 5.82 Å². The Morgan fingerprint density at radius 1 is 1.16 bits per heavy atom. The Morgan fingerprint density at radius 3 is 2.79 bits per heavy atom. The Balaban J connectivity index is 2.06. The van der Waals surface area contributed by atoms with Crippen molar-refractivity contribution in [2.45, 2.75) is 32.1 Å². The number of aromatic nitrogens is 5. The molecule has 0 saturated carbocycles. The first-order chi connectivity index (χ1) is 9.25. The first-order valence-electron chi connectivity index (χ1n) is 6.30. The minimum atomic E-state index is 0.193. The molecule has 0 aliphatic heterocycles. The summed E-state index contributed by atoms with van der Waals surface area (Å²) in [6.07, 6.45) is 8.73. The molecule has 0 unspecified atom stereocenters. The van der Waals surface area contributed by atoms with E-state index in [1.807, 2.05) is 0 Å². The van der Waals surface area contributed by atoms with E-state index in [2.05, 4.69) is 20.1 Å². The zero-order valence-corrected chi connectivity index (χ0v) is 11.2. The van der Waals surface area contributed by atoms with Crippen molar-refractivity contribution in [1.29, 1.82) is 0 Å². The molecule has 7 heteroatoms. The Morgan fingerprint density at radius 2 is 2.00 bits per heavy atom. The monoisotopic (exact) mass is 274 g/mol. The van der Waals surface area contributed by atoms with Gasteiger partial charge in [0, 0.05) is 11.3 Å². The van der Waals surface area contributed by atoms with Crippen LogP contribution in [-0.2, 0) is 12.8 Å². The van der Waals surface area contributed by atoms with Gasteiger partial charge < -0.3 is 5.73 Å². The lowest BCUT2D eigenvalue weighted by Gasteiger charge is -2.09. The molecule has 3 rings (SSSR count). The Kier molecular flexibility index (Phi) is 3.20. The smallest absolute Gasteiger partial charge is 0.208 e. The predicted octanol–water partition coefficient (Wildman–Crippen LogP) is 0.960. The van der Waals surface area contributed by atoms with Crippen LogP contribution in [0.25, 0.3) is 5.82 Å². The third-order valence-corrected chi connectivity index (χ3v) is 3.46. The van der Waals surface area contributed by atoms with Gasteiger partial charge in [0.05, 0.1) is 0 Å². The van der Waals surface area contributed by atoms with Crippen molar-refractivity contribution in [2.75, 3.05) is 0 Å². The number of hydrogen-bond acceptors (Lipinski definition) is 5. The molecule has 0 radical (unpaired) electrons. The quantitative estimate of drug-likeness (QED) is 0.649. The Bertz CT molecular complexity index is 620. The summed E-state index contributed by atoms with van der Waals surface area (Å²) in [5.41, 5.74) is 7.81.